The van der Waals surface area contributed by atoms with Gasteiger partial charge in [0.25, 0.3) is 0 Å². The van der Waals surface area contributed by atoms with Crippen molar-refractivity contribution in [3.63, 3.8) is 0 Å². The summed E-state index contributed by atoms with van der Waals surface area (Å²) >= 11 is 6.18. The van der Waals surface area contributed by atoms with Gasteiger partial charge >= 0.3 is 0 Å². The summed E-state index contributed by atoms with van der Waals surface area (Å²) in [6.07, 6.45) is 0. The fourth-order valence-electron chi connectivity index (χ4n) is 4.41. The zero-order chi connectivity index (χ0) is 21.1. The lowest BCUT2D eigenvalue weighted by molar-refractivity contribution is 0.0925. The number of Topliss-reactive ketones (excluding diaryl/α,β-unsaturated/α-hetero) is 1. The molecule has 0 aliphatic carbocycles. The first-order valence-corrected chi connectivity index (χ1v) is 10.6. The van der Waals surface area contributed by atoms with Crippen molar-refractivity contribution >= 4 is 23.1 Å². The topological polar surface area (TPSA) is 37.7 Å². The number of anilines is 1. The molecule has 0 amide bonds. The smallest absolute Gasteiger partial charge is 0.178 e. The van der Waals surface area contributed by atoms with Crippen LogP contribution in [0.3, 0.4) is 0 Å². The van der Waals surface area contributed by atoms with Crippen molar-refractivity contribution < 1.29 is 9.53 Å². The molecule has 2 aromatic rings. The van der Waals surface area contributed by atoms with Crippen LogP contribution in [0, 0.1) is 20.8 Å². The molecule has 0 spiro atoms. The van der Waals surface area contributed by atoms with E-state index in [4.69, 9.17) is 16.3 Å². The molecule has 0 radical (unpaired) electrons. The van der Waals surface area contributed by atoms with Crippen LogP contribution in [0.1, 0.15) is 40.3 Å². The van der Waals surface area contributed by atoms with Gasteiger partial charge in [0.2, 0.25) is 0 Å². The third kappa shape index (κ3) is 4.85. The normalized spacial score (nSPS) is 16.3. The number of rotatable bonds is 7. The molecular formula is C23H32ClN3O2. The molecule has 1 aromatic heterocycles. The van der Waals surface area contributed by atoms with Gasteiger partial charge in [-0.3, -0.25) is 9.69 Å². The number of aryl methyl sites for hydroxylation is 2. The molecule has 1 atom stereocenters. The maximum absolute atomic E-state index is 13.0. The number of methoxy groups -OCH3 is 1. The Bertz CT molecular complexity index is 869. The van der Waals surface area contributed by atoms with Crippen LogP contribution in [0.2, 0.25) is 5.02 Å². The predicted octanol–water partition coefficient (Wildman–Crippen LogP) is 4.28. The van der Waals surface area contributed by atoms with Crippen molar-refractivity contribution in [1.29, 1.82) is 0 Å². The van der Waals surface area contributed by atoms with Crippen molar-refractivity contribution in [1.82, 2.24) is 9.47 Å². The molecule has 6 heteroatoms. The molecule has 29 heavy (non-hydrogen) atoms. The second-order valence-corrected chi connectivity index (χ2v) is 8.51. The Balaban J connectivity index is 1.63. The number of hydrogen-bond acceptors (Lipinski definition) is 4. The van der Waals surface area contributed by atoms with Crippen LogP contribution in [-0.4, -0.2) is 61.7 Å². The minimum absolute atomic E-state index is 0.196. The first kappa shape index (κ1) is 21.9. The van der Waals surface area contributed by atoms with Gasteiger partial charge in [-0.2, -0.15) is 0 Å². The van der Waals surface area contributed by atoms with Crippen molar-refractivity contribution in [2.75, 3.05) is 51.3 Å². The number of benzene rings is 1. The van der Waals surface area contributed by atoms with Gasteiger partial charge in [0, 0.05) is 61.0 Å². The van der Waals surface area contributed by atoms with Gasteiger partial charge in [-0.15, -0.1) is 0 Å². The van der Waals surface area contributed by atoms with E-state index < -0.39 is 0 Å². The summed E-state index contributed by atoms with van der Waals surface area (Å²) in [5.74, 6) is 0.196. The highest BCUT2D eigenvalue weighted by Crippen LogP contribution is 2.26. The third-order valence-corrected chi connectivity index (χ3v) is 6.12. The van der Waals surface area contributed by atoms with Crippen LogP contribution >= 0.6 is 11.6 Å². The number of ether oxygens (including phenoxy) is 1. The maximum atomic E-state index is 13.0. The van der Waals surface area contributed by atoms with Crippen molar-refractivity contribution in [3.05, 3.63) is 51.8 Å². The summed E-state index contributed by atoms with van der Waals surface area (Å²) in [7, 11) is 1.71. The van der Waals surface area contributed by atoms with E-state index >= 15 is 0 Å². The summed E-state index contributed by atoms with van der Waals surface area (Å²) in [6.45, 7) is 13.0. The van der Waals surface area contributed by atoms with E-state index in [1.165, 1.54) is 11.3 Å². The lowest BCUT2D eigenvalue weighted by Crippen LogP contribution is -2.48. The second-order valence-electron chi connectivity index (χ2n) is 8.08. The summed E-state index contributed by atoms with van der Waals surface area (Å²) in [5, 5.41) is 0.765. The Kier molecular flexibility index (Phi) is 7.04. The maximum Gasteiger partial charge on any atom is 0.178 e. The van der Waals surface area contributed by atoms with Crippen molar-refractivity contribution in [3.8, 4) is 0 Å². The first-order chi connectivity index (χ1) is 13.8. The summed E-state index contributed by atoms with van der Waals surface area (Å²) < 4.78 is 7.50. The van der Waals surface area contributed by atoms with Gasteiger partial charge in [0.05, 0.1) is 19.2 Å². The van der Waals surface area contributed by atoms with E-state index in [-0.39, 0.29) is 11.8 Å². The molecule has 0 bridgehead atoms. The fraction of sp³-hybridized carbons (Fsp3) is 0.522. The summed E-state index contributed by atoms with van der Waals surface area (Å²) in [6, 6.07) is 8.27. The number of ketones is 1. The molecule has 0 N–H and O–H groups in total. The summed E-state index contributed by atoms with van der Waals surface area (Å²) in [5.41, 5.74) is 5.40. The fourth-order valence-corrected chi connectivity index (χ4v) is 4.58. The number of aromatic nitrogens is 1. The van der Waals surface area contributed by atoms with E-state index in [1.54, 1.807) is 7.11 Å². The van der Waals surface area contributed by atoms with E-state index in [2.05, 4.69) is 41.2 Å². The molecule has 2 heterocycles. The largest absolute Gasteiger partial charge is 0.383 e. The zero-order valence-corrected chi connectivity index (χ0v) is 18.9. The monoisotopic (exact) mass is 417 g/mol. The lowest BCUT2D eigenvalue weighted by Gasteiger charge is -2.36. The van der Waals surface area contributed by atoms with E-state index in [9.17, 15) is 4.79 Å². The molecule has 0 unspecified atom stereocenters. The molecule has 1 fully saturated rings. The van der Waals surface area contributed by atoms with Crippen LogP contribution in [0.25, 0.3) is 0 Å². The molecule has 0 saturated carbocycles. The lowest BCUT2D eigenvalue weighted by atomic mass is 10.1. The average Bonchev–Trinajstić information content (AvgIpc) is 2.99. The molecule has 1 aliphatic rings. The van der Waals surface area contributed by atoms with Crippen LogP contribution in [0.5, 0.6) is 0 Å². The standard InChI is InChI=1S/C23H32ClN3O2/c1-16-6-7-20(24)13-22(16)26-10-8-25(9-11-26)14-23(28)21-12-17(2)27(19(21)4)18(3)15-29-5/h6-7,12-13,18H,8-11,14-15H2,1-5H3/t18-/m0/s1. The Labute approximate surface area is 179 Å². The van der Waals surface area contributed by atoms with Crippen LogP contribution in [0.4, 0.5) is 5.69 Å². The Morgan fingerprint density at radius 1 is 1.14 bits per heavy atom. The number of carbonyl (C=O) groups is 1. The Morgan fingerprint density at radius 3 is 2.48 bits per heavy atom. The summed E-state index contributed by atoms with van der Waals surface area (Å²) in [4.78, 5) is 17.6. The number of nitrogens with zero attached hydrogens (tertiary/aromatic N) is 3. The Hall–Kier alpha value is -1.82. The Morgan fingerprint density at radius 2 is 1.83 bits per heavy atom. The average molecular weight is 418 g/mol. The molecule has 5 nitrogen and oxygen atoms in total. The molecule has 1 aliphatic heterocycles. The van der Waals surface area contributed by atoms with Crippen molar-refractivity contribution in [2.24, 2.45) is 0 Å². The van der Waals surface area contributed by atoms with E-state index in [0.717, 1.165) is 48.2 Å². The van der Waals surface area contributed by atoms with Gasteiger partial charge in [-0.05, 0) is 51.5 Å². The quantitative estimate of drug-likeness (QED) is 0.630. The molecule has 3 rings (SSSR count). The van der Waals surface area contributed by atoms with Gasteiger partial charge in [0.1, 0.15) is 0 Å². The highest BCUT2D eigenvalue weighted by atomic mass is 35.5. The third-order valence-electron chi connectivity index (χ3n) is 5.88. The molecule has 158 valence electrons. The first-order valence-electron chi connectivity index (χ1n) is 10.3. The van der Waals surface area contributed by atoms with Gasteiger partial charge in [-0.25, -0.2) is 0 Å². The SMILES string of the molecule is COC[C@H](C)n1c(C)cc(C(=O)CN2CCN(c3cc(Cl)ccc3C)CC2)c1C. The van der Waals surface area contributed by atoms with Crippen LogP contribution in [-0.2, 0) is 4.74 Å². The van der Waals surface area contributed by atoms with Gasteiger partial charge in [0.15, 0.2) is 5.78 Å². The predicted molar refractivity (Wildman–Crippen MR) is 120 cm³/mol. The van der Waals surface area contributed by atoms with E-state index in [0.29, 0.717) is 13.2 Å². The minimum Gasteiger partial charge on any atom is -0.383 e. The van der Waals surface area contributed by atoms with Crippen molar-refractivity contribution in [2.45, 2.75) is 33.7 Å². The van der Waals surface area contributed by atoms with Gasteiger partial charge in [-0.1, -0.05) is 17.7 Å². The van der Waals surface area contributed by atoms with Gasteiger partial charge < -0.3 is 14.2 Å². The second kappa shape index (κ2) is 9.33. The highest BCUT2D eigenvalue weighted by molar-refractivity contribution is 6.30. The molecule has 1 saturated heterocycles. The number of piperazine rings is 1. The number of carbonyl (C=O) groups excluding carboxylic acids is 1. The number of halogens is 1. The van der Waals surface area contributed by atoms with Crippen LogP contribution in [0.15, 0.2) is 24.3 Å². The highest BCUT2D eigenvalue weighted by Gasteiger charge is 2.24. The molecular weight excluding hydrogens is 386 g/mol. The number of hydrogen-bond donors (Lipinski definition) is 0. The zero-order valence-electron chi connectivity index (χ0n) is 18.2. The molecule has 1 aromatic carbocycles. The minimum atomic E-state index is 0.196. The van der Waals surface area contributed by atoms with E-state index in [1.807, 2.05) is 25.1 Å². The van der Waals surface area contributed by atoms with Crippen LogP contribution < -0.4 is 4.90 Å².